The second-order valence-corrected chi connectivity index (χ2v) is 8.71. The van der Waals surface area contributed by atoms with Crippen LogP contribution < -0.4 is 16.0 Å². The van der Waals surface area contributed by atoms with Crippen LogP contribution in [0.5, 0.6) is 0 Å². The van der Waals surface area contributed by atoms with Gasteiger partial charge >= 0.3 is 0 Å². The third kappa shape index (κ3) is 5.76. The van der Waals surface area contributed by atoms with Crippen LogP contribution in [0.15, 0.2) is 24.3 Å². The molecule has 1 fully saturated rings. The van der Waals surface area contributed by atoms with Crippen LogP contribution >= 0.6 is 11.6 Å². The molecule has 3 rings (SSSR count). The summed E-state index contributed by atoms with van der Waals surface area (Å²) in [6, 6.07) is 7.38. The molecule has 1 saturated heterocycles. The molecule has 0 aliphatic carbocycles. The molecule has 9 heteroatoms. The first-order chi connectivity index (χ1) is 14.8. The first-order valence-electron chi connectivity index (χ1n) is 10.3. The van der Waals surface area contributed by atoms with Crippen molar-refractivity contribution < 1.29 is 14.4 Å². The smallest absolute Gasteiger partial charge is 0.268 e. The van der Waals surface area contributed by atoms with E-state index in [1.807, 2.05) is 13.8 Å². The topological polar surface area (TPSA) is 127 Å². The van der Waals surface area contributed by atoms with E-state index in [9.17, 15) is 19.6 Å². The van der Waals surface area contributed by atoms with Crippen molar-refractivity contribution in [3.63, 3.8) is 0 Å². The predicted molar refractivity (Wildman–Crippen MR) is 117 cm³/mol. The number of nitrogens with one attached hydrogen (secondary N) is 4. The Morgan fingerprint density at radius 3 is 2.71 bits per heavy atom. The van der Waals surface area contributed by atoms with Gasteiger partial charge in [0.05, 0.1) is 6.07 Å². The summed E-state index contributed by atoms with van der Waals surface area (Å²) in [6.45, 7) is 4.47. The van der Waals surface area contributed by atoms with Crippen molar-refractivity contribution in [2.75, 3.05) is 6.54 Å². The minimum absolute atomic E-state index is 0.0968. The molecule has 8 nitrogen and oxygen atoms in total. The molecule has 3 atom stereocenters. The lowest BCUT2D eigenvalue weighted by Gasteiger charge is -2.22. The van der Waals surface area contributed by atoms with Gasteiger partial charge in [-0.2, -0.15) is 5.26 Å². The number of nitriles is 1. The molecule has 1 aliphatic heterocycles. The van der Waals surface area contributed by atoms with Gasteiger partial charge in [0.2, 0.25) is 11.8 Å². The van der Waals surface area contributed by atoms with Crippen molar-refractivity contribution in [2.24, 2.45) is 11.8 Å². The van der Waals surface area contributed by atoms with Crippen molar-refractivity contribution in [3.05, 3.63) is 35.0 Å². The summed E-state index contributed by atoms with van der Waals surface area (Å²) < 4.78 is 0. The molecule has 1 aromatic carbocycles. The van der Waals surface area contributed by atoms with Crippen molar-refractivity contribution in [2.45, 2.75) is 45.2 Å². The number of amides is 3. The Hall–Kier alpha value is -3.05. The summed E-state index contributed by atoms with van der Waals surface area (Å²) in [5, 5.41) is 19.0. The van der Waals surface area contributed by atoms with Crippen LogP contribution in [0, 0.1) is 23.2 Å². The fourth-order valence-corrected chi connectivity index (χ4v) is 3.92. The maximum Gasteiger partial charge on any atom is 0.268 e. The second kappa shape index (κ2) is 9.84. The van der Waals surface area contributed by atoms with Gasteiger partial charge in [-0.15, -0.1) is 0 Å². The van der Waals surface area contributed by atoms with Crippen molar-refractivity contribution in [1.82, 2.24) is 20.9 Å². The van der Waals surface area contributed by atoms with Crippen LogP contribution in [0.25, 0.3) is 10.9 Å². The molecule has 0 unspecified atom stereocenters. The number of halogens is 1. The Bertz CT molecular complexity index is 1030. The highest BCUT2D eigenvalue weighted by atomic mass is 35.5. The lowest BCUT2D eigenvalue weighted by molar-refractivity contribution is -0.125. The van der Waals surface area contributed by atoms with Gasteiger partial charge in [0, 0.05) is 28.4 Å². The summed E-state index contributed by atoms with van der Waals surface area (Å²) in [6.07, 6.45) is 1.30. The average Bonchev–Trinajstić information content (AvgIpc) is 3.32. The largest absolute Gasteiger partial charge is 0.356 e. The Labute approximate surface area is 185 Å². The number of rotatable bonds is 8. The van der Waals surface area contributed by atoms with Gasteiger partial charge in [0.1, 0.15) is 17.8 Å². The van der Waals surface area contributed by atoms with Gasteiger partial charge in [-0.25, -0.2) is 0 Å². The van der Waals surface area contributed by atoms with Gasteiger partial charge in [0.25, 0.3) is 5.91 Å². The van der Waals surface area contributed by atoms with Crippen molar-refractivity contribution >= 4 is 40.2 Å². The second-order valence-electron chi connectivity index (χ2n) is 8.27. The van der Waals surface area contributed by atoms with E-state index in [-0.39, 0.29) is 24.2 Å². The van der Waals surface area contributed by atoms with E-state index in [4.69, 9.17) is 11.6 Å². The SMILES string of the molecule is CC(C)C[C@H](NC(=O)c1cc2cc(Cl)ccc2[nH]1)C(=O)N[C@H](C#N)C[C@@H]1CCNC1=O. The number of benzene rings is 1. The Morgan fingerprint density at radius 2 is 2.06 bits per heavy atom. The zero-order chi connectivity index (χ0) is 22.5. The maximum absolute atomic E-state index is 12.9. The first-order valence-corrected chi connectivity index (χ1v) is 10.7. The molecule has 31 heavy (non-hydrogen) atoms. The molecule has 2 aromatic rings. The molecular formula is C22H26ClN5O3. The van der Waals surface area contributed by atoms with Gasteiger partial charge in [-0.3, -0.25) is 14.4 Å². The molecular weight excluding hydrogens is 418 g/mol. The van der Waals surface area contributed by atoms with E-state index in [0.29, 0.717) is 30.1 Å². The Kier molecular flexibility index (Phi) is 7.18. The summed E-state index contributed by atoms with van der Waals surface area (Å²) in [5.41, 5.74) is 1.08. The summed E-state index contributed by atoms with van der Waals surface area (Å²) in [4.78, 5) is 40.5. The number of fused-ring (bicyclic) bond motifs is 1. The number of aromatic nitrogens is 1. The number of H-pyrrole nitrogens is 1. The zero-order valence-corrected chi connectivity index (χ0v) is 18.3. The van der Waals surface area contributed by atoms with Crippen LogP contribution in [0.4, 0.5) is 0 Å². The Balaban J connectivity index is 1.69. The molecule has 0 radical (unpaired) electrons. The van der Waals surface area contributed by atoms with E-state index in [0.717, 1.165) is 10.9 Å². The molecule has 0 spiro atoms. The highest BCUT2D eigenvalue weighted by Gasteiger charge is 2.30. The summed E-state index contributed by atoms with van der Waals surface area (Å²) >= 11 is 6.00. The molecule has 4 N–H and O–H groups in total. The lowest BCUT2D eigenvalue weighted by atomic mass is 9.98. The molecule has 2 heterocycles. The van der Waals surface area contributed by atoms with E-state index in [1.165, 1.54) is 0 Å². The van der Waals surface area contributed by atoms with E-state index < -0.39 is 23.9 Å². The molecule has 164 valence electrons. The molecule has 1 aromatic heterocycles. The molecule has 0 bridgehead atoms. The maximum atomic E-state index is 12.9. The third-order valence-electron chi connectivity index (χ3n) is 5.31. The minimum atomic E-state index is -0.809. The highest BCUT2D eigenvalue weighted by Crippen LogP contribution is 2.20. The zero-order valence-electron chi connectivity index (χ0n) is 17.5. The number of carbonyl (C=O) groups is 3. The van der Waals surface area contributed by atoms with Crippen LogP contribution in [0.2, 0.25) is 5.02 Å². The normalized spacial score (nSPS) is 17.8. The fraction of sp³-hybridized carbons (Fsp3) is 0.455. The average molecular weight is 444 g/mol. The first kappa shape index (κ1) is 22.6. The minimum Gasteiger partial charge on any atom is -0.356 e. The molecule has 1 aliphatic rings. The monoisotopic (exact) mass is 443 g/mol. The third-order valence-corrected chi connectivity index (χ3v) is 5.55. The predicted octanol–water partition coefficient (Wildman–Crippen LogP) is 2.50. The van der Waals surface area contributed by atoms with Gasteiger partial charge < -0.3 is 20.9 Å². The lowest BCUT2D eigenvalue weighted by Crippen LogP contribution is -2.50. The number of carbonyl (C=O) groups excluding carboxylic acids is 3. The Morgan fingerprint density at radius 1 is 1.29 bits per heavy atom. The van der Waals surface area contributed by atoms with Gasteiger partial charge in [-0.05, 0) is 49.4 Å². The number of hydrogen-bond acceptors (Lipinski definition) is 4. The molecule has 3 amide bonds. The van der Waals surface area contributed by atoms with Crippen molar-refractivity contribution in [3.8, 4) is 6.07 Å². The number of aromatic amines is 1. The summed E-state index contributed by atoms with van der Waals surface area (Å²) in [7, 11) is 0. The van der Waals surface area contributed by atoms with Gasteiger partial charge in [0.15, 0.2) is 0 Å². The van der Waals surface area contributed by atoms with Crippen LogP contribution in [0.3, 0.4) is 0 Å². The van der Waals surface area contributed by atoms with E-state index >= 15 is 0 Å². The van der Waals surface area contributed by atoms with E-state index in [2.05, 4.69) is 27.0 Å². The summed E-state index contributed by atoms with van der Waals surface area (Å²) in [5.74, 6) is -1.11. The van der Waals surface area contributed by atoms with Gasteiger partial charge in [-0.1, -0.05) is 25.4 Å². The van der Waals surface area contributed by atoms with Crippen LogP contribution in [-0.2, 0) is 9.59 Å². The van der Waals surface area contributed by atoms with Crippen LogP contribution in [0.1, 0.15) is 43.6 Å². The highest BCUT2D eigenvalue weighted by molar-refractivity contribution is 6.31. The van der Waals surface area contributed by atoms with Crippen molar-refractivity contribution in [1.29, 1.82) is 5.26 Å². The number of nitrogens with zero attached hydrogens (tertiary/aromatic N) is 1. The fourth-order valence-electron chi connectivity index (χ4n) is 3.74. The van der Waals surface area contributed by atoms with Crippen LogP contribution in [-0.4, -0.2) is 41.3 Å². The number of hydrogen-bond donors (Lipinski definition) is 4. The quantitative estimate of drug-likeness (QED) is 0.499. The van der Waals surface area contributed by atoms with E-state index in [1.54, 1.807) is 24.3 Å². The molecule has 0 saturated carbocycles. The standard InChI is InChI=1S/C22H26ClN5O3/c1-12(2)7-18(21(30)26-16(11-24)9-13-5-6-25-20(13)29)28-22(31)19-10-14-8-15(23)3-4-17(14)27-19/h3-4,8,10,12-13,16,18,27H,5-7,9H2,1-2H3,(H,25,29)(H,26,30)(H,28,31)/t13-,16-,18-/m0/s1.